The highest BCUT2D eigenvalue weighted by Crippen LogP contribution is 2.30. The van der Waals surface area contributed by atoms with E-state index in [9.17, 15) is 19.5 Å². The summed E-state index contributed by atoms with van der Waals surface area (Å²) in [7, 11) is 0. The van der Waals surface area contributed by atoms with Crippen LogP contribution in [0.15, 0.2) is 47.8 Å². The highest BCUT2D eigenvalue weighted by Gasteiger charge is 2.23. The summed E-state index contributed by atoms with van der Waals surface area (Å²) in [4.78, 5) is 41.4. The van der Waals surface area contributed by atoms with Gasteiger partial charge in [-0.1, -0.05) is 24.3 Å². The van der Waals surface area contributed by atoms with Crippen LogP contribution < -0.4 is 16.4 Å². The van der Waals surface area contributed by atoms with E-state index in [0.717, 1.165) is 11.1 Å². The Kier molecular flexibility index (Phi) is 8.67. The van der Waals surface area contributed by atoms with Crippen LogP contribution in [0.3, 0.4) is 0 Å². The van der Waals surface area contributed by atoms with E-state index in [-0.39, 0.29) is 12.3 Å². The van der Waals surface area contributed by atoms with Gasteiger partial charge in [-0.3, -0.25) is 9.59 Å². The van der Waals surface area contributed by atoms with Crippen molar-refractivity contribution in [1.82, 2.24) is 10.3 Å². The van der Waals surface area contributed by atoms with Gasteiger partial charge in [0.25, 0.3) is 5.91 Å². The summed E-state index contributed by atoms with van der Waals surface area (Å²) in [6, 6.07) is 11.5. The Balaban J connectivity index is 1.90. The first-order valence-electron chi connectivity index (χ1n) is 10.5. The van der Waals surface area contributed by atoms with Crippen LogP contribution in [-0.4, -0.2) is 45.9 Å². The monoisotopic (exact) mass is 498 g/mol. The first-order chi connectivity index (χ1) is 16.3. The van der Waals surface area contributed by atoms with Crippen molar-refractivity contribution in [2.24, 2.45) is 0 Å². The Morgan fingerprint density at radius 3 is 2.59 bits per heavy atom. The Hall–Kier alpha value is -3.37. The van der Waals surface area contributed by atoms with E-state index in [4.69, 9.17) is 5.73 Å². The van der Waals surface area contributed by atoms with Gasteiger partial charge in [0.2, 0.25) is 5.91 Å². The van der Waals surface area contributed by atoms with Gasteiger partial charge in [-0.2, -0.15) is 11.8 Å². The minimum atomic E-state index is -1.08. The van der Waals surface area contributed by atoms with E-state index in [0.29, 0.717) is 39.8 Å². The first-order valence-corrected chi connectivity index (χ1v) is 12.8. The Bertz CT molecular complexity index is 1200. The second-order valence-corrected chi connectivity index (χ2v) is 9.50. The molecule has 10 heteroatoms. The molecule has 5 N–H and O–H groups in total. The number of benzene rings is 2. The number of amides is 2. The Morgan fingerprint density at radius 2 is 1.94 bits per heavy atom. The SMILES string of the molecule is CSCC[C@H](NC(=O)c1ccc(NC(=O)Cc2csc(N)n2)cc1-c1ccccc1C)C(=O)O. The van der Waals surface area contributed by atoms with Gasteiger partial charge in [0.15, 0.2) is 5.13 Å². The number of aromatic nitrogens is 1. The molecule has 0 aliphatic heterocycles. The van der Waals surface area contributed by atoms with Crippen molar-refractivity contribution in [2.45, 2.75) is 25.8 Å². The third-order valence-electron chi connectivity index (χ3n) is 5.11. The van der Waals surface area contributed by atoms with Crippen molar-refractivity contribution in [2.75, 3.05) is 23.1 Å². The van der Waals surface area contributed by atoms with E-state index in [1.54, 1.807) is 23.6 Å². The van der Waals surface area contributed by atoms with E-state index < -0.39 is 17.9 Å². The lowest BCUT2D eigenvalue weighted by Crippen LogP contribution is -2.41. The number of thioether (sulfide) groups is 1. The number of carboxylic acids is 1. The molecule has 8 nitrogen and oxygen atoms in total. The molecule has 0 radical (unpaired) electrons. The second kappa shape index (κ2) is 11.7. The van der Waals surface area contributed by atoms with Gasteiger partial charge in [0, 0.05) is 16.6 Å². The molecular formula is C24H26N4O4S2. The maximum absolute atomic E-state index is 13.1. The summed E-state index contributed by atoms with van der Waals surface area (Å²) in [6.07, 6.45) is 2.27. The molecule has 0 fully saturated rings. The molecule has 0 bridgehead atoms. The third kappa shape index (κ3) is 6.58. The molecule has 3 aromatic rings. The molecule has 0 spiro atoms. The number of carboxylic acid groups (broad SMARTS) is 1. The topological polar surface area (TPSA) is 134 Å². The highest BCUT2D eigenvalue weighted by molar-refractivity contribution is 7.98. The quantitative estimate of drug-likeness (QED) is 0.334. The number of aryl methyl sites for hydroxylation is 1. The predicted molar refractivity (Wildman–Crippen MR) is 137 cm³/mol. The van der Waals surface area contributed by atoms with Crippen molar-refractivity contribution >= 4 is 51.7 Å². The average molecular weight is 499 g/mol. The molecule has 0 unspecified atom stereocenters. The zero-order valence-electron chi connectivity index (χ0n) is 18.8. The summed E-state index contributed by atoms with van der Waals surface area (Å²) < 4.78 is 0. The lowest BCUT2D eigenvalue weighted by molar-refractivity contribution is -0.139. The van der Waals surface area contributed by atoms with Crippen LogP contribution in [0.5, 0.6) is 0 Å². The third-order valence-corrected chi connectivity index (χ3v) is 6.48. The summed E-state index contributed by atoms with van der Waals surface area (Å²) in [5.74, 6) is -1.22. The van der Waals surface area contributed by atoms with Gasteiger partial charge in [-0.25, -0.2) is 9.78 Å². The van der Waals surface area contributed by atoms with Crippen molar-refractivity contribution < 1.29 is 19.5 Å². The van der Waals surface area contributed by atoms with Crippen molar-refractivity contribution in [1.29, 1.82) is 0 Å². The Labute approximate surface area is 206 Å². The number of nitrogens with two attached hydrogens (primary N) is 1. The van der Waals surface area contributed by atoms with Gasteiger partial charge in [-0.05, 0) is 60.2 Å². The zero-order valence-corrected chi connectivity index (χ0v) is 20.5. The number of hydrogen-bond donors (Lipinski definition) is 4. The fourth-order valence-electron chi connectivity index (χ4n) is 3.42. The molecule has 178 valence electrons. The largest absolute Gasteiger partial charge is 0.480 e. The molecule has 34 heavy (non-hydrogen) atoms. The minimum Gasteiger partial charge on any atom is -0.480 e. The maximum Gasteiger partial charge on any atom is 0.326 e. The van der Waals surface area contributed by atoms with Crippen LogP contribution >= 0.6 is 23.1 Å². The summed E-state index contributed by atoms with van der Waals surface area (Å²) in [5.41, 5.74) is 9.41. The number of carbonyl (C=O) groups is 3. The van der Waals surface area contributed by atoms with Gasteiger partial charge >= 0.3 is 5.97 Å². The lowest BCUT2D eigenvalue weighted by Gasteiger charge is -2.18. The van der Waals surface area contributed by atoms with Crippen LogP contribution in [0.4, 0.5) is 10.8 Å². The average Bonchev–Trinajstić information content (AvgIpc) is 3.20. The van der Waals surface area contributed by atoms with Crippen LogP contribution in [0, 0.1) is 6.92 Å². The standard InChI is InChI=1S/C24H26N4O4S2/c1-14-5-3-4-6-17(14)19-11-15(26-21(29)12-16-13-34-24(25)27-16)7-8-18(19)22(30)28-20(23(31)32)9-10-33-2/h3-8,11,13,20H,9-10,12H2,1-2H3,(H2,25,27)(H,26,29)(H,28,30)(H,31,32)/t20-/m0/s1. The highest BCUT2D eigenvalue weighted by atomic mass is 32.2. The minimum absolute atomic E-state index is 0.0748. The molecule has 3 rings (SSSR count). The fourth-order valence-corrected chi connectivity index (χ4v) is 4.45. The molecule has 2 aromatic carbocycles. The number of aliphatic carboxylic acids is 1. The number of nitrogens with zero attached hydrogens (tertiary/aromatic N) is 1. The van der Waals surface area contributed by atoms with E-state index in [1.807, 2.05) is 37.4 Å². The zero-order chi connectivity index (χ0) is 24.7. The normalized spacial score (nSPS) is 11.6. The van der Waals surface area contributed by atoms with Crippen LogP contribution in [0.2, 0.25) is 0 Å². The molecule has 2 amide bonds. The van der Waals surface area contributed by atoms with E-state index in [2.05, 4.69) is 15.6 Å². The predicted octanol–water partition coefficient (Wildman–Crippen LogP) is 3.82. The maximum atomic E-state index is 13.1. The molecular weight excluding hydrogens is 472 g/mol. The number of nitrogen functional groups attached to an aromatic ring is 1. The van der Waals surface area contributed by atoms with Gasteiger partial charge in [-0.15, -0.1) is 11.3 Å². The number of carbonyl (C=O) groups excluding carboxylic acids is 2. The lowest BCUT2D eigenvalue weighted by atomic mass is 9.94. The number of anilines is 2. The summed E-state index contributed by atoms with van der Waals surface area (Å²) >= 11 is 2.79. The van der Waals surface area contributed by atoms with Crippen molar-refractivity contribution in [3.8, 4) is 11.1 Å². The molecule has 0 aliphatic carbocycles. The Morgan fingerprint density at radius 1 is 1.18 bits per heavy atom. The van der Waals surface area contributed by atoms with Crippen LogP contribution in [-0.2, 0) is 16.0 Å². The summed E-state index contributed by atoms with van der Waals surface area (Å²) in [6.45, 7) is 1.92. The van der Waals surface area contributed by atoms with Crippen LogP contribution in [0.1, 0.15) is 28.0 Å². The van der Waals surface area contributed by atoms with Crippen molar-refractivity contribution in [3.63, 3.8) is 0 Å². The van der Waals surface area contributed by atoms with Crippen molar-refractivity contribution in [3.05, 3.63) is 64.7 Å². The molecule has 1 heterocycles. The number of rotatable bonds is 10. The first kappa shape index (κ1) is 25.3. The number of hydrogen-bond acceptors (Lipinski definition) is 7. The molecule has 1 aromatic heterocycles. The van der Waals surface area contributed by atoms with Crippen LogP contribution in [0.25, 0.3) is 11.1 Å². The summed E-state index contributed by atoms with van der Waals surface area (Å²) in [5, 5.41) is 17.1. The smallest absolute Gasteiger partial charge is 0.326 e. The van der Waals surface area contributed by atoms with Gasteiger partial charge < -0.3 is 21.5 Å². The number of thiazole rings is 1. The molecule has 0 saturated carbocycles. The van der Waals surface area contributed by atoms with Gasteiger partial charge in [0.1, 0.15) is 6.04 Å². The van der Waals surface area contributed by atoms with E-state index in [1.165, 1.54) is 23.1 Å². The van der Waals surface area contributed by atoms with E-state index >= 15 is 0 Å². The molecule has 0 saturated heterocycles. The fraction of sp³-hybridized carbons (Fsp3) is 0.250. The second-order valence-electron chi connectivity index (χ2n) is 7.62. The van der Waals surface area contributed by atoms with Gasteiger partial charge in [0.05, 0.1) is 12.1 Å². The molecule has 1 atom stereocenters. The molecule has 0 aliphatic rings. The number of nitrogens with one attached hydrogen (secondary N) is 2.